The zero-order valence-electron chi connectivity index (χ0n) is 23.5. The van der Waals surface area contributed by atoms with Gasteiger partial charge in [-0.1, -0.05) is 24.3 Å². The molecule has 0 saturated carbocycles. The van der Waals surface area contributed by atoms with E-state index in [0.717, 1.165) is 56.0 Å². The third kappa shape index (κ3) is 4.96. The van der Waals surface area contributed by atoms with E-state index in [4.69, 9.17) is 28.4 Å². The van der Waals surface area contributed by atoms with Crippen molar-refractivity contribution in [2.75, 3.05) is 42.7 Å². The number of benzene rings is 4. The summed E-state index contributed by atoms with van der Waals surface area (Å²) in [6, 6.07) is 25.9. The number of ether oxygens (including phenoxy) is 6. The molecule has 204 valence electrons. The molecule has 0 bridgehead atoms. The van der Waals surface area contributed by atoms with Gasteiger partial charge in [0, 0.05) is 23.3 Å². The Morgan fingerprint density at radius 1 is 0.450 bits per heavy atom. The number of hydrogen-bond acceptors (Lipinski definition) is 6. The molecule has 40 heavy (non-hydrogen) atoms. The SMILES string of the molecule is COc1ccc(/C=C2/C(c3cc(OC)cc(OC)c3)=C(c3ccc(OC)cc3)c3c(OC)cc(OC)cc32)cc1. The topological polar surface area (TPSA) is 55.4 Å². The molecular formula is C34H32O6. The van der Waals surface area contributed by atoms with Gasteiger partial charge in [0.1, 0.15) is 34.5 Å². The molecular weight excluding hydrogens is 504 g/mol. The van der Waals surface area contributed by atoms with E-state index in [2.05, 4.69) is 24.3 Å². The van der Waals surface area contributed by atoms with Crippen molar-refractivity contribution < 1.29 is 28.4 Å². The molecule has 1 aliphatic rings. The van der Waals surface area contributed by atoms with Crippen LogP contribution < -0.4 is 28.4 Å². The highest BCUT2D eigenvalue weighted by molar-refractivity contribution is 6.28. The molecule has 4 aromatic carbocycles. The molecule has 6 nitrogen and oxygen atoms in total. The quantitative estimate of drug-likeness (QED) is 0.225. The molecule has 4 aromatic rings. The molecule has 0 fully saturated rings. The predicted molar refractivity (Wildman–Crippen MR) is 159 cm³/mol. The van der Waals surface area contributed by atoms with E-state index >= 15 is 0 Å². The minimum absolute atomic E-state index is 0.695. The summed E-state index contributed by atoms with van der Waals surface area (Å²) in [5, 5.41) is 0. The Bertz CT molecular complexity index is 1560. The van der Waals surface area contributed by atoms with E-state index in [9.17, 15) is 0 Å². The van der Waals surface area contributed by atoms with Gasteiger partial charge in [-0.05, 0) is 81.9 Å². The summed E-state index contributed by atoms with van der Waals surface area (Å²) in [7, 11) is 9.98. The number of allylic oxidation sites excluding steroid dienone is 2. The number of fused-ring (bicyclic) bond motifs is 1. The van der Waals surface area contributed by atoms with Crippen LogP contribution in [0.3, 0.4) is 0 Å². The largest absolute Gasteiger partial charge is 0.497 e. The third-order valence-electron chi connectivity index (χ3n) is 7.04. The highest BCUT2D eigenvalue weighted by Crippen LogP contribution is 2.54. The van der Waals surface area contributed by atoms with Crippen molar-refractivity contribution in [3.8, 4) is 34.5 Å². The minimum atomic E-state index is 0.695. The third-order valence-corrected chi connectivity index (χ3v) is 7.04. The summed E-state index contributed by atoms with van der Waals surface area (Å²) in [4.78, 5) is 0. The maximum atomic E-state index is 5.97. The number of methoxy groups -OCH3 is 6. The van der Waals surface area contributed by atoms with E-state index in [-0.39, 0.29) is 0 Å². The molecule has 0 N–H and O–H groups in total. The molecule has 0 saturated heterocycles. The highest BCUT2D eigenvalue weighted by atomic mass is 16.5. The van der Waals surface area contributed by atoms with Gasteiger partial charge >= 0.3 is 0 Å². The van der Waals surface area contributed by atoms with E-state index in [1.165, 1.54) is 0 Å². The van der Waals surface area contributed by atoms with Crippen LogP contribution in [0.2, 0.25) is 0 Å². The Morgan fingerprint density at radius 3 is 1.50 bits per heavy atom. The maximum Gasteiger partial charge on any atom is 0.131 e. The average molecular weight is 537 g/mol. The van der Waals surface area contributed by atoms with Crippen molar-refractivity contribution in [1.29, 1.82) is 0 Å². The fourth-order valence-corrected chi connectivity index (χ4v) is 5.05. The Morgan fingerprint density at radius 2 is 0.975 bits per heavy atom. The second-order valence-corrected chi connectivity index (χ2v) is 9.16. The smallest absolute Gasteiger partial charge is 0.131 e. The summed E-state index contributed by atoms with van der Waals surface area (Å²) in [5.74, 6) is 4.38. The predicted octanol–water partition coefficient (Wildman–Crippen LogP) is 7.25. The molecule has 0 aromatic heterocycles. The Hall–Kier alpha value is -4.84. The van der Waals surface area contributed by atoms with Crippen LogP contribution in [0, 0.1) is 0 Å². The van der Waals surface area contributed by atoms with Crippen LogP contribution in [0.1, 0.15) is 27.8 Å². The van der Waals surface area contributed by atoms with Crippen LogP contribution in [-0.2, 0) is 0 Å². The fraction of sp³-hybridized carbons (Fsp3) is 0.176. The summed E-state index contributed by atoms with van der Waals surface area (Å²) in [5.41, 5.74) is 8.00. The van der Waals surface area contributed by atoms with E-state index in [0.29, 0.717) is 23.0 Å². The first-order valence-electron chi connectivity index (χ1n) is 12.8. The molecule has 0 heterocycles. The zero-order valence-corrected chi connectivity index (χ0v) is 23.5. The van der Waals surface area contributed by atoms with Crippen molar-refractivity contribution in [2.24, 2.45) is 0 Å². The molecule has 0 unspecified atom stereocenters. The van der Waals surface area contributed by atoms with Gasteiger partial charge in [-0.2, -0.15) is 0 Å². The minimum Gasteiger partial charge on any atom is -0.497 e. The van der Waals surface area contributed by atoms with Crippen molar-refractivity contribution in [3.63, 3.8) is 0 Å². The Kier molecular flexibility index (Phi) is 7.69. The normalized spacial score (nSPS) is 13.2. The van der Waals surface area contributed by atoms with Crippen molar-refractivity contribution in [2.45, 2.75) is 0 Å². The summed E-state index contributed by atoms with van der Waals surface area (Å²) in [6.07, 6.45) is 2.18. The van der Waals surface area contributed by atoms with E-state index in [1.54, 1.807) is 42.7 Å². The summed E-state index contributed by atoms with van der Waals surface area (Å²) >= 11 is 0. The molecule has 0 aliphatic heterocycles. The first kappa shape index (κ1) is 26.8. The van der Waals surface area contributed by atoms with Crippen LogP contribution in [0.25, 0.3) is 22.8 Å². The van der Waals surface area contributed by atoms with Gasteiger partial charge in [-0.3, -0.25) is 0 Å². The Labute approximate surface area is 235 Å². The number of rotatable bonds is 9. The van der Waals surface area contributed by atoms with Crippen LogP contribution in [0.5, 0.6) is 34.5 Å². The first-order valence-corrected chi connectivity index (χ1v) is 12.8. The molecule has 6 heteroatoms. The van der Waals surface area contributed by atoms with Gasteiger partial charge in [-0.25, -0.2) is 0 Å². The lowest BCUT2D eigenvalue weighted by atomic mass is 9.91. The standard InChI is InChI=1S/C34H32O6/c1-35-24-11-7-21(8-12-24)15-29-30-19-28(39-5)20-31(40-6)34(30)33(22-9-13-25(36-2)14-10-22)32(29)23-16-26(37-3)18-27(17-23)38-4/h7-20H,1-6H3/b29-15+. The molecule has 5 rings (SSSR count). The van der Waals surface area contributed by atoms with Crippen molar-refractivity contribution in [3.05, 3.63) is 107 Å². The molecule has 0 amide bonds. The average Bonchev–Trinajstić information content (AvgIpc) is 3.34. The van der Waals surface area contributed by atoms with Crippen LogP contribution in [0.4, 0.5) is 0 Å². The lowest BCUT2D eigenvalue weighted by Crippen LogP contribution is -1.96. The highest BCUT2D eigenvalue weighted by Gasteiger charge is 2.33. The second kappa shape index (κ2) is 11.5. The van der Waals surface area contributed by atoms with E-state index < -0.39 is 0 Å². The van der Waals surface area contributed by atoms with Gasteiger partial charge in [0.25, 0.3) is 0 Å². The van der Waals surface area contributed by atoms with Crippen molar-refractivity contribution in [1.82, 2.24) is 0 Å². The summed E-state index contributed by atoms with van der Waals surface area (Å²) < 4.78 is 33.8. The second-order valence-electron chi connectivity index (χ2n) is 9.16. The van der Waals surface area contributed by atoms with Gasteiger partial charge in [0.05, 0.1) is 42.7 Å². The molecule has 0 spiro atoms. The Balaban J connectivity index is 1.90. The van der Waals surface area contributed by atoms with Crippen LogP contribution in [0.15, 0.2) is 78.9 Å². The lowest BCUT2D eigenvalue weighted by Gasteiger charge is -2.15. The monoisotopic (exact) mass is 536 g/mol. The van der Waals surface area contributed by atoms with Crippen LogP contribution in [-0.4, -0.2) is 42.7 Å². The summed E-state index contributed by atoms with van der Waals surface area (Å²) in [6.45, 7) is 0. The van der Waals surface area contributed by atoms with Gasteiger partial charge in [-0.15, -0.1) is 0 Å². The molecule has 0 radical (unpaired) electrons. The van der Waals surface area contributed by atoms with Gasteiger partial charge in [0.2, 0.25) is 0 Å². The molecule has 0 atom stereocenters. The van der Waals surface area contributed by atoms with E-state index in [1.807, 2.05) is 60.7 Å². The van der Waals surface area contributed by atoms with Gasteiger partial charge in [0.15, 0.2) is 0 Å². The van der Waals surface area contributed by atoms with Gasteiger partial charge < -0.3 is 28.4 Å². The lowest BCUT2D eigenvalue weighted by molar-refractivity contribution is 0.393. The fourth-order valence-electron chi connectivity index (χ4n) is 5.05. The van der Waals surface area contributed by atoms with Crippen LogP contribution >= 0.6 is 0 Å². The molecule has 1 aliphatic carbocycles. The first-order chi connectivity index (χ1) is 19.5. The van der Waals surface area contributed by atoms with Crippen molar-refractivity contribution >= 4 is 22.8 Å². The zero-order chi connectivity index (χ0) is 28.2. The number of hydrogen-bond donors (Lipinski definition) is 0. The maximum absolute atomic E-state index is 5.97.